The minimum Gasteiger partial charge on any atom is -0.497 e. The fraction of sp³-hybridized carbons (Fsp3) is 0.600. The normalized spacial score (nSPS) is 22.7. The molecule has 1 heterocycles. The highest BCUT2D eigenvalue weighted by Gasteiger charge is 2.36. The molecule has 1 aliphatic heterocycles. The lowest BCUT2D eigenvalue weighted by atomic mass is 9.78. The molecule has 2 aliphatic rings. The van der Waals surface area contributed by atoms with E-state index in [4.69, 9.17) is 4.74 Å². The van der Waals surface area contributed by atoms with E-state index >= 15 is 0 Å². The zero-order valence-corrected chi connectivity index (χ0v) is 15.7. The largest absolute Gasteiger partial charge is 0.497 e. The first-order chi connectivity index (χ1) is 12.5. The minimum absolute atomic E-state index is 0.0113. The summed E-state index contributed by atoms with van der Waals surface area (Å²) < 4.78 is 5.26. The molecule has 6 nitrogen and oxygen atoms in total. The number of nitrogens with one attached hydrogen (secondary N) is 2. The maximum atomic E-state index is 12.5. The molecule has 1 atom stereocenters. The van der Waals surface area contributed by atoms with Crippen LogP contribution in [0.4, 0.5) is 0 Å². The lowest BCUT2D eigenvalue weighted by Crippen LogP contribution is -2.55. The Morgan fingerprint density at radius 1 is 1.31 bits per heavy atom. The van der Waals surface area contributed by atoms with Crippen LogP contribution >= 0.6 is 0 Å². The van der Waals surface area contributed by atoms with E-state index in [1.54, 1.807) is 7.11 Å². The number of ether oxygens (including phenoxy) is 1. The topological polar surface area (TPSA) is 70.7 Å². The van der Waals surface area contributed by atoms with Crippen LogP contribution in [0.15, 0.2) is 24.3 Å². The van der Waals surface area contributed by atoms with E-state index in [1.807, 2.05) is 24.1 Å². The highest BCUT2D eigenvalue weighted by Crippen LogP contribution is 2.41. The molecule has 6 heteroatoms. The highest BCUT2D eigenvalue weighted by atomic mass is 16.5. The molecule has 2 amide bonds. The molecule has 2 N–H and O–H groups in total. The molecule has 2 fully saturated rings. The van der Waals surface area contributed by atoms with Gasteiger partial charge in [0.1, 0.15) is 5.75 Å². The summed E-state index contributed by atoms with van der Waals surface area (Å²) in [7, 11) is 3.56. The molecule has 0 bridgehead atoms. The van der Waals surface area contributed by atoms with Gasteiger partial charge in [-0.1, -0.05) is 25.0 Å². The van der Waals surface area contributed by atoms with Crippen molar-refractivity contribution in [2.24, 2.45) is 0 Å². The van der Waals surface area contributed by atoms with Gasteiger partial charge in [0.15, 0.2) is 0 Å². The standard InChI is InChI=1S/C20H29N3O3/c1-23-12-11-21-19(25)17(23)13-18(24)22-14-20(9-3-4-10-20)15-5-7-16(26-2)8-6-15/h5-8,17H,3-4,9-14H2,1-2H3,(H,21,25)(H,22,24). The molecule has 1 aromatic carbocycles. The number of carbonyl (C=O) groups is 2. The van der Waals surface area contributed by atoms with Crippen LogP contribution in [0.25, 0.3) is 0 Å². The Balaban J connectivity index is 1.63. The van der Waals surface area contributed by atoms with Gasteiger partial charge in [0.25, 0.3) is 0 Å². The third-order valence-electron chi connectivity index (χ3n) is 5.86. The van der Waals surface area contributed by atoms with E-state index in [1.165, 1.54) is 18.4 Å². The van der Waals surface area contributed by atoms with Gasteiger partial charge in [0.05, 0.1) is 19.6 Å². The predicted octanol–water partition coefficient (Wildman–Crippen LogP) is 1.44. The average Bonchev–Trinajstić information content (AvgIpc) is 3.13. The minimum atomic E-state index is -0.371. The third-order valence-corrected chi connectivity index (χ3v) is 5.86. The summed E-state index contributed by atoms with van der Waals surface area (Å²) in [6.45, 7) is 2.05. The van der Waals surface area contributed by atoms with E-state index in [0.717, 1.165) is 25.1 Å². The number of likely N-dealkylation sites (N-methyl/N-ethyl adjacent to an activating group) is 1. The molecular formula is C20H29N3O3. The van der Waals surface area contributed by atoms with Crippen molar-refractivity contribution in [1.29, 1.82) is 0 Å². The molecule has 1 unspecified atom stereocenters. The van der Waals surface area contributed by atoms with E-state index in [-0.39, 0.29) is 29.7 Å². The molecule has 1 saturated heterocycles. The van der Waals surface area contributed by atoms with Crippen molar-refractivity contribution in [3.8, 4) is 5.75 Å². The van der Waals surface area contributed by atoms with Crippen LogP contribution in [0.2, 0.25) is 0 Å². The van der Waals surface area contributed by atoms with Crippen molar-refractivity contribution in [3.05, 3.63) is 29.8 Å². The Hall–Kier alpha value is -2.08. The maximum absolute atomic E-state index is 12.5. The summed E-state index contributed by atoms with van der Waals surface area (Å²) in [6, 6.07) is 7.82. The maximum Gasteiger partial charge on any atom is 0.237 e. The van der Waals surface area contributed by atoms with E-state index in [0.29, 0.717) is 13.1 Å². The Bertz CT molecular complexity index is 638. The van der Waals surface area contributed by atoms with Gasteiger partial charge in [0, 0.05) is 25.0 Å². The molecule has 0 spiro atoms. The molecule has 1 aliphatic carbocycles. The second kappa shape index (κ2) is 8.08. The lowest BCUT2D eigenvalue weighted by molar-refractivity contribution is -0.133. The van der Waals surface area contributed by atoms with Gasteiger partial charge in [0.2, 0.25) is 11.8 Å². The number of hydrogen-bond acceptors (Lipinski definition) is 4. The van der Waals surface area contributed by atoms with Crippen molar-refractivity contribution in [1.82, 2.24) is 15.5 Å². The number of rotatable bonds is 6. The fourth-order valence-corrected chi connectivity index (χ4v) is 4.16. The second-order valence-corrected chi connectivity index (χ2v) is 7.48. The smallest absolute Gasteiger partial charge is 0.237 e. The molecule has 1 aromatic rings. The van der Waals surface area contributed by atoms with Crippen LogP contribution in [0.5, 0.6) is 5.75 Å². The van der Waals surface area contributed by atoms with Gasteiger partial charge in [-0.25, -0.2) is 0 Å². The van der Waals surface area contributed by atoms with Crippen LogP contribution in [0.1, 0.15) is 37.7 Å². The van der Waals surface area contributed by atoms with Crippen LogP contribution in [0.3, 0.4) is 0 Å². The molecule has 26 heavy (non-hydrogen) atoms. The summed E-state index contributed by atoms with van der Waals surface area (Å²) in [5, 5.41) is 5.94. The van der Waals surface area contributed by atoms with E-state index < -0.39 is 0 Å². The summed E-state index contributed by atoms with van der Waals surface area (Å²) in [6.07, 6.45) is 4.71. The number of nitrogens with zero attached hydrogens (tertiary/aromatic N) is 1. The number of hydrogen-bond donors (Lipinski definition) is 2. The lowest BCUT2D eigenvalue weighted by Gasteiger charge is -2.33. The zero-order valence-electron chi connectivity index (χ0n) is 15.7. The first kappa shape index (κ1) is 18.7. The highest BCUT2D eigenvalue weighted by molar-refractivity contribution is 5.88. The molecule has 0 aromatic heterocycles. The molecular weight excluding hydrogens is 330 g/mol. The summed E-state index contributed by atoms with van der Waals surface area (Å²) >= 11 is 0. The van der Waals surface area contributed by atoms with Crippen molar-refractivity contribution in [2.45, 2.75) is 43.6 Å². The molecule has 0 radical (unpaired) electrons. The average molecular weight is 359 g/mol. The zero-order chi connectivity index (χ0) is 18.6. The van der Waals surface area contributed by atoms with Crippen molar-refractivity contribution >= 4 is 11.8 Å². The molecule has 142 valence electrons. The quantitative estimate of drug-likeness (QED) is 0.806. The van der Waals surface area contributed by atoms with Crippen LogP contribution in [-0.4, -0.2) is 56.5 Å². The van der Waals surface area contributed by atoms with Crippen LogP contribution in [-0.2, 0) is 15.0 Å². The third kappa shape index (κ3) is 4.01. The van der Waals surface area contributed by atoms with E-state index in [2.05, 4.69) is 22.8 Å². The number of benzene rings is 1. The summed E-state index contributed by atoms with van der Waals surface area (Å²) in [5.74, 6) is 0.732. The number of piperazine rings is 1. The Labute approximate surface area is 155 Å². The van der Waals surface area contributed by atoms with Gasteiger partial charge in [-0.2, -0.15) is 0 Å². The van der Waals surface area contributed by atoms with Crippen molar-refractivity contribution < 1.29 is 14.3 Å². The van der Waals surface area contributed by atoms with Crippen LogP contribution in [0, 0.1) is 0 Å². The van der Waals surface area contributed by atoms with E-state index in [9.17, 15) is 9.59 Å². The second-order valence-electron chi connectivity index (χ2n) is 7.48. The molecule has 3 rings (SSSR count). The molecule has 1 saturated carbocycles. The fourth-order valence-electron chi connectivity index (χ4n) is 4.16. The Morgan fingerprint density at radius 2 is 2.00 bits per heavy atom. The Morgan fingerprint density at radius 3 is 2.62 bits per heavy atom. The van der Waals surface area contributed by atoms with Gasteiger partial charge < -0.3 is 15.4 Å². The van der Waals surface area contributed by atoms with Crippen molar-refractivity contribution in [3.63, 3.8) is 0 Å². The van der Waals surface area contributed by atoms with Crippen molar-refractivity contribution in [2.75, 3.05) is 33.8 Å². The van der Waals surface area contributed by atoms with Gasteiger partial charge in [-0.15, -0.1) is 0 Å². The first-order valence-electron chi connectivity index (χ1n) is 9.43. The summed E-state index contributed by atoms with van der Waals surface area (Å²) in [4.78, 5) is 26.4. The Kier molecular flexibility index (Phi) is 5.81. The van der Waals surface area contributed by atoms with Gasteiger partial charge in [-0.05, 0) is 37.6 Å². The van der Waals surface area contributed by atoms with Gasteiger partial charge in [-0.3, -0.25) is 14.5 Å². The number of carbonyl (C=O) groups excluding carboxylic acids is 2. The number of methoxy groups -OCH3 is 1. The van der Waals surface area contributed by atoms with Crippen LogP contribution < -0.4 is 15.4 Å². The summed E-state index contributed by atoms with van der Waals surface area (Å²) in [5.41, 5.74) is 1.24. The van der Waals surface area contributed by atoms with Gasteiger partial charge >= 0.3 is 0 Å². The predicted molar refractivity (Wildman–Crippen MR) is 100 cm³/mol. The number of amides is 2. The first-order valence-corrected chi connectivity index (χ1v) is 9.43. The SMILES string of the molecule is COc1ccc(C2(CNC(=O)CC3C(=O)NCCN3C)CCCC2)cc1. The monoisotopic (exact) mass is 359 g/mol.